The van der Waals surface area contributed by atoms with E-state index in [1.165, 1.54) is 36.4 Å². The quantitative estimate of drug-likeness (QED) is 0.733. The SMILES string of the molecule is N#Cc1ccc(NC(=O)Nc2cccc(F)c2)c(N)c1. The first kappa shape index (κ1) is 13.4. The van der Waals surface area contributed by atoms with E-state index in [1.807, 2.05) is 6.07 Å². The molecule has 0 bridgehead atoms. The molecule has 0 saturated heterocycles. The molecule has 0 aliphatic heterocycles. The van der Waals surface area contributed by atoms with Gasteiger partial charge in [-0.15, -0.1) is 0 Å². The molecular formula is C14H11FN4O. The Morgan fingerprint density at radius 3 is 2.65 bits per heavy atom. The molecular weight excluding hydrogens is 259 g/mol. The van der Waals surface area contributed by atoms with Crippen LogP contribution >= 0.6 is 0 Å². The number of rotatable bonds is 2. The van der Waals surface area contributed by atoms with Gasteiger partial charge in [-0.1, -0.05) is 6.07 Å². The van der Waals surface area contributed by atoms with Crippen LogP contribution in [-0.2, 0) is 0 Å². The Labute approximate surface area is 114 Å². The highest BCUT2D eigenvalue weighted by atomic mass is 19.1. The molecule has 0 unspecified atom stereocenters. The number of urea groups is 1. The maximum Gasteiger partial charge on any atom is 0.323 e. The van der Waals surface area contributed by atoms with Crippen molar-refractivity contribution in [1.82, 2.24) is 0 Å². The maximum atomic E-state index is 13.0. The van der Waals surface area contributed by atoms with Crippen molar-refractivity contribution in [2.24, 2.45) is 0 Å². The molecule has 0 aromatic heterocycles. The van der Waals surface area contributed by atoms with Crippen molar-refractivity contribution in [3.63, 3.8) is 0 Å². The number of carbonyl (C=O) groups excluding carboxylic acids is 1. The Hall–Kier alpha value is -3.07. The van der Waals surface area contributed by atoms with E-state index in [0.29, 0.717) is 16.9 Å². The number of hydrogen-bond donors (Lipinski definition) is 3. The molecule has 5 nitrogen and oxygen atoms in total. The first-order valence-electron chi connectivity index (χ1n) is 5.71. The fourth-order valence-corrected chi connectivity index (χ4v) is 1.60. The third kappa shape index (κ3) is 3.23. The molecule has 100 valence electrons. The molecule has 0 radical (unpaired) electrons. The molecule has 2 aromatic carbocycles. The van der Waals surface area contributed by atoms with Crippen LogP contribution in [-0.4, -0.2) is 6.03 Å². The first-order chi connectivity index (χ1) is 9.58. The third-order valence-electron chi connectivity index (χ3n) is 2.51. The van der Waals surface area contributed by atoms with Crippen molar-refractivity contribution in [2.45, 2.75) is 0 Å². The van der Waals surface area contributed by atoms with Crippen LogP contribution in [0.25, 0.3) is 0 Å². The van der Waals surface area contributed by atoms with Gasteiger partial charge in [-0.05, 0) is 36.4 Å². The lowest BCUT2D eigenvalue weighted by Crippen LogP contribution is -2.20. The molecule has 6 heteroatoms. The van der Waals surface area contributed by atoms with Gasteiger partial charge >= 0.3 is 6.03 Å². The third-order valence-corrected chi connectivity index (χ3v) is 2.51. The summed E-state index contributed by atoms with van der Waals surface area (Å²) in [6, 6.07) is 11.4. The van der Waals surface area contributed by atoms with Crippen LogP contribution in [0.2, 0.25) is 0 Å². The van der Waals surface area contributed by atoms with Crippen LogP contribution in [0, 0.1) is 17.1 Å². The highest BCUT2D eigenvalue weighted by Crippen LogP contribution is 2.20. The van der Waals surface area contributed by atoms with Gasteiger partial charge in [0.1, 0.15) is 5.82 Å². The minimum absolute atomic E-state index is 0.276. The summed E-state index contributed by atoms with van der Waals surface area (Å²) < 4.78 is 13.0. The zero-order valence-corrected chi connectivity index (χ0v) is 10.4. The Kier molecular flexibility index (Phi) is 3.82. The largest absolute Gasteiger partial charge is 0.397 e. The molecule has 2 aromatic rings. The molecule has 4 N–H and O–H groups in total. The molecule has 0 spiro atoms. The molecule has 2 amide bonds. The number of benzene rings is 2. The minimum Gasteiger partial charge on any atom is -0.397 e. The fourth-order valence-electron chi connectivity index (χ4n) is 1.60. The van der Waals surface area contributed by atoms with Crippen LogP contribution in [0.4, 0.5) is 26.2 Å². The summed E-state index contributed by atoms with van der Waals surface area (Å²) in [6.07, 6.45) is 0. The second-order valence-corrected chi connectivity index (χ2v) is 4.00. The highest BCUT2D eigenvalue weighted by molar-refractivity contribution is 6.01. The van der Waals surface area contributed by atoms with E-state index in [0.717, 1.165) is 0 Å². The predicted octanol–water partition coefficient (Wildman–Crippen LogP) is 2.92. The normalized spacial score (nSPS) is 9.60. The van der Waals surface area contributed by atoms with Gasteiger partial charge in [0.05, 0.1) is 23.0 Å². The number of nitrogen functional groups attached to an aromatic ring is 1. The topological polar surface area (TPSA) is 90.9 Å². The van der Waals surface area contributed by atoms with E-state index in [1.54, 1.807) is 6.07 Å². The van der Waals surface area contributed by atoms with Crippen molar-refractivity contribution in [3.8, 4) is 6.07 Å². The summed E-state index contributed by atoms with van der Waals surface area (Å²) in [5, 5.41) is 13.7. The number of amides is 2. The summed E-state index contributed by atoms with van der Waals surface area (Å²) >= 11 is 0. The molecule has 20 heavy (non-hydrogen) atoms. The number of carbonyl (C=O) groups is 1. The van der Waals surface area contributed by atoms with E-state index < -0.39 is 11.8 Å². The standard InChI is InChI=1S/C14H11FN4O/c15-10-2-1-3-11(7-10)18-14(20)19-13-5-4-9(8-16)6-12(13)17/h1-7H,17H2,(H2,18,19,20). The number of halogens is 1. The number of hydrogen-bond acceptors (Lipinski definition) is 3. The van der Waals surface area contributed by atoms with Crippen LogP contribution in [0.3, 0.4) is 0 Å². The minimum atomic E-state index is -0.549. The Bertz CT molecular complexity index is 694. The predicted molar refractivity (Wildman–Crippen MR) is 74.6 cm³/mol. The van der Waals surface area contributed by atoms with E-state index >= 15 is 0 Å². The number of nitrogens with zero attached hydrogens (tertiary/aromatic N) is 1. The molecule has 0 aliphatic carbocycles. The summed E-state index contributed by atoms with van der Waals surface area (Å²) in [5.41, 5.74) is 7.09. The maximum absolute atomic E-state index is 13.0. The number of nitriles is 1. The average Bonchev–Trinajstić information content (AvgIpc) is 2.41. The second-order valence-electron chi connectivity index (χ2n) is 4.00. The van der Waals surface area contributed by atoms with Crippen molar-refractivity contribution >= 4 is 23.1 Å². The van der Waals surface area contributed by atoms with Crippen molar-refractivity contribution in [3.05, 3.63) is 53.8 Å². The van der Waals surface area contributed by atoms with Crippen LogP contribution in [0.5, 0.6) is 0 Å². The number of anilines is 3. The van der Waals surface area contributed by atoms with Crippen molar-refractivity contribution in [1.29, 1.82) is 5.26 Å². The zero-order chi connectivity index (χ0) is 14.5. The van der Waals surface area contributed by atoms with Crippen LogP contribution in [0.1, 0.15) is 5.56 Å². The monoisotopic (exact) mass is 270 g/mol. The van der Waals surface area contributed by atoms with Gasteiger partial charge < -0.3 is 16.4 Å². The summed E-state index contributed by atoms with van der Waals surface area (Å²) in [5.74, 6) is -0.444. The molecule has 0 atom stereocenters. The Morgan fingerprint density at radius 2 is 2.00 bits per heavy atom. The lowest BCUT2D eigenvalue weighted by atomic mass is 10.2. The molecule has 0 aliphatic rings. The van der Waals surface area contributed by atoms with E-state index in [4.69, 9.17) is 11.0 Å². The van der Waals surface area contributed by atoms with Crippen molar-refractivity contribution < 1.29 is 9.18 Å². The van der Waals surface area contributed by atoms with Gasteiger partial charge in [0.25, 0.3) is 0 Å². The van der Waals surface area contributed by atoms with Gasteiger partial charge in [-0.25, -0.2) is 9.18 Å². The number of nitrogens with two attached hydrogens (primary N) is 1. The highest BCUT2D eigenvalue weighted by Gasteiger charge is 2.06. The number of nitrogens with one attached hydrogen (secondary N) is 2. The van der Waals surface area contributed by atoms with Crippen LogP contribution in [0.15, 0.2) is 42.5 Å². The van der Waals surface area contributed by atoms with E-state index in [9.17, 15) is 9.18 Å². The summed E-state index contributed by atoms with van der Waals surface area (Å²) in [4.78, 5) is 11.7. The van der Waals surface area contributed by atoms with Gasteiger partial charge in [-0.2, -0.15) is 5.26 Å². The van der Waals surface area contributed by atoms with E-state index in [-0.39, 0.29) is 5.69 Å². The van der Waals surface area contributed by atoms with Crippen molar-refractivity contribution in [2.75, 3.05) is 16.4 Å². The Balaban J connectivity index is 2.07. The lowest BCUT2D eigenvalue weighted by molar-refractivity contribution is 0.262. The molecule has 0 fully saturated rings. The molecule has 2 rings (SSSR count). The first-order valence-corrected chi connectivity index (χ1v) is 5.71. The van der Waals surface area contributed by atoms with E-state index in [2.05, 4.69) is 10.6 Å². The van der Waals surface area contributed by atoms with Gasteiger partial charge in [-0.3, -0.25) is 0 Å². The van der Waals surface area contributed by atoms with Gasteiger partial charge in [0.15, 0.2) is 0 Å². The molecule has 0 heterocycles. The van der Waals surface area contributed by atoms with Gasteiger partial charge in [0.2, 0.25) is 0 Å². The van der Waals surface area contributed by atoms with Gasteiger partial charge in [0, 0.05) is 5.69 Å². The summed E-state index contributed by atoms with van der Waals surface area (Å²) in [6.45, 7) is 0. The molecule has 0 saturated carbocycles. The second kappa shape index (κ2) is 5.71. The van der Waals surface area contributed by atoms with Crippen LogP contribution < -0.4 is 16.4 Å². The lowest BCUT2D eigenvalue weighted by Gasteiger charge is -2.09. The average molecular weight is 270 g/mol. The smallest absolute Gasteiger partial charge is 0.323 e. The zero-order valence-electron chi connectivity index (χ0n) is 10.4. The summed E-state index contributed by atoms with van der Waals surface area (Å²) in [7, 11) is 0. The Morgan fingerprint density at radius 1 is 1.20 bits per heavy atom. The fraction of sp³-hybridized carbons (Fsp3) is 0.